The van der Waals surface area contributed by atoms with Gasteiger partial charge in [-0.3, -0.25) is 4.79 Å². The van der Waals surface area contributed by atoms with Gasteiger partial charge in [0.25, 0.3) is 0 Å². The standard InChI is InChI=1S/C11H22N2O2/c1-8-2-4-9(5-3-8)15-7-6-10(12)11(13)14/h8-10H,2-7,12H2,1H3,(H2,13,14). The van der Waals surface area contributed by atoms with Gasteiger partial charge in [-0.05, 0) is 38.0 Å². The van der Waals surface area contributed by atoms with Gasteiger partial charge in [-0.25, -0.2) is 0 Å². The zero-order valence-corrected chi connectivity index (χ0v) is 9.45. The summed E-state index contributed by atoms with van der Waals surface area (Å²) in [7, 11) is 0. The predicted octanol–water partition coefficient (Wildman–Crippen LogP) is 0.784. The van der Waals surface area contributed by atoms with E-state index in [1.54, 1.807) is 0 Å². The van der Waals surface area contributed by atoms with E-state index in [1.165, 1.54) is 12.8 Å². The van der Waals surface area contributed by atoms with Crippen LogP contribution in [-0.2, 0) is 9.53 Å². The molecule has 1 unspecified atom stereocenters. The number of hydrogen-bond donors (Lipinski definition) is 2. The molecule has 88 valence electrons. The topological polar surface area (TPSA) is 78.3 Å². The quantitative estimate of drug-likeness (QED) is 0.710. The van der Waals surface area contributed by atoms with Crippen LogP contribution in [-0.4, -0.2) is 24.7 Å². The minimum atomic E-state index is -0.562. The predicted molar refractivity (Wildman–Crippen MR) is 59.2 cm³/mol. The van der Waals surface area contributed by atoms with Gasteiger partial charge in [0.05, 0.1) is 12.1 Å². The van der Waals surface area contributed by atoms with E-state index in [-0.39, 0.29) is 0 Å². The molecular weight excluding hydrogens is 192 g/mol. The van der Waals surface area contributed by atoms with Crippen LogP contribution in [0.2, 0.25) is 0 Å². The zero-order valence-electron chi connectivity index (χ0n) is 9.45. The Balaban J connectivity index is 2.07. The molecule has 0 aromatic rings. The summed E-state index contributed by atoms with van der Waals surface area (Å²) >= 11 is 0. The summed E-state index contributed by atoms with van der Waals surface area (Å²) in [5, 5.41) is 0. The van der Waals surface area contributed by atoms with Crippen molar-refractivity contribution in [3.05, 3.63) is 0 Å². The lowest BCUT2D eigenvalue weighted by atomic mass is 9.89. The molecule has 4 heteroatoms. The van der Waals surface area contributed by atoms with Crippen LogP contribution in [0.15, 0.2) is 0 Å². The summed E-state index contributed by atoms with van der Waals surface area (Å²) in [6.07, 6.45) is 5.64. The van der Waals surface area contributed by atoms with Crippen molar-refractivity contribution in [2.24, 2.45) is 17.4 Å². The first kappa shape index (κ1) is 12.5. The van der Waals surface area contributed by atoms with Gasteiger partial charge in [-0.1, -0.05) is 6.92 Å². The Kier molecular flexibility index (Phi) is 5.05. The highest BCUT2D eigenvalue weighted by Crippen LogP contribution is 2.25. The van der Waals surface area contributed by atoms with Gasteiger partial charge >= 0.3 is 0 Å². The van der Waals surface area contributed by atoms with E-state index < -0.39 is 11.9 Å². The average molecular weight is 214 g/mol. The third kappa shape index (κ3) is 4.62. The fraction of sp³-hybridized carbons (Fsp3) is 0.909. The fourth-order valence-electron chi connectivity index (χ4n) is 1.90. The molecule has 0 saturated heterocycles. The summed E-state index contributed by atoms with van der Waals surface area (Å²) in [5.74, 6) is 0.383. The first-order chi connectivity index (χ1) is 7.09. The lowest BCUT2D eigenvalue weighted by molar-refractivity contribution is -0.119. The smallest absolute Gasteiger partial charge is 0.234 e. The molecule has 1 rings (SSSR count). The van der Waals surface area contributed by atoms with E-state index in [1.807, 2.05) is 0 Å². The first-order valence-corrected chi connectivity index (χ1v) is 5.76. The molecule has 0 radical (unpaired) electrons. The lowest BCUT2D eigenvalue weighted by Gasteiger charge is -2.26. The maximum atomic E-state index is 10.7. The van der Waals surface area contributed by atoms with Gasteiger partial charge in [0.15, 0.2) is 0 Å². The molecule has 1 atom stereocenters. The minimum absolute atomic E-state index is 0.362. The highest BCUT2D eigenvalue weighted by atomic mass is 16.5. The molecular formula is C11H22N2O2. The van der Waals surface area contributed by atoms with Gasteiger partial charge in [0.2, 0.25) is 5.91 Å². The van der Waals surface area contributed by atoms with Gasteiger partial charge in [0.1, 0.15) is 0 Å². The molecule has 0 aliphatic heterocycles. The molecule has 1 aliphatic carbocycles. The number of primary amides is 1. The second-order valence-corrected chi connectivity index (χ2v) is 4.55. The van der Waals surface area contributed by atoms with Gasteiger partial charge in [0, 0.05) is 6.61 Å². The molecule has 0 aromatic heterocycles. The summed E-state index contributed by atoms with van der Waals surface area (Å²) < 4.78 is 5.66. The van der Waals surface area contributed by atoms with Crippen molar-refractivity contribution in [2.45, 2.75) is 51.2 Å². The molecule has 4 N–H and O–H groups in total. The molecule has 15 heavy (non-hydrogen) atoms. The number of carbonyl (C=O) groups excluding carboxylic acids is 1. The number of rotatable bonds is 5. The van der Waals surface area contributed by atoms with Crippen LogP contribution in [0.3, 0.4) is 0 Å². The number of carbonyl (C=O) groups is 1. The van der Waals surface area contributed by atoms with Crippen LogP contribution in [0, 0.1) is 5.92 Å². The Morgan fingerprint density at radius 2 is 2.00 bits per heavy atom. The third-order valence-corrected chi connectivity index (χ3v) is 3.11. The molecule has 1 fully saturated rings. The van der Waals surface area contributed by atoms with Crippen molar-refractivity contribution in [3.63, 3.8) is 0 Å². The van der Waals surface area contributed by atoms with Crippen molar-refractivity contribution < 1.29 is 9.53 Å². The summed E-state index contributed by atoms with van der Waals surface area (Å²) in [6.45, 7) is 2.82. The lowest BCUT2D eigenvalue weighted by Crippen LogP contribution is -2.37. The van der Waals surface area contributed by atoms with Crippen LogP contribution in [0.1, 0.15) is 39.0 Å². The minimum Gasteiger partial charge on any atom is -0.378 e. The van der Waals surface area contributed by atoms with Crippen LogP contribution in [0.4, 0.5) is 0 Å². The first-order valence-electron chi connectivity index (χ1n) is 5.76. The molecule has 0 bridgehead atoms. The molecule has 0 aromatic carbocycles. The van der Waals surface area contributed by atoms with Crippen molar-refractivity contribution in [2.75, 3.05) is 6.61 Å². The van der Waals surface area contributed by atoms with Crippen molar-refractivity contribution >= 4 is 5.91 Å². The van der Waals surface area contributed by atoms with E-state index in [9.17, 15) is 4.79 Å². The van der Waals surface area contributed by atoms with Crippen LogP contribution >= 0.6 is 0 Å². The molecule has 0 spiro atoms. The summed E-state index contributed by atoms with van der Waals surface area (Å²) in [6, 6.07) is -0.562. The average Bonchev–Trinajstić information content (AvgIpc) is 2.20. The second-order valence-electron chi connectivity index (χ2n) is 4.55. The molecule has 1 amide bonds. The normalized spacial score (nSPS) is 28.7. The van der Waals surface area contributed by atoms with E-state index in [4.69, 9.17) is 16.2 Å². The SMILES string of the molecule is CC1CCC(OCCC(N)C(N)=O)CC1. The number of nitrogens with two attached hydrogens (primary N) is 2. The highest BCUT2D eigenvalue weighted by Gasteiger charge is 2.19. The highest BCUT2D eigenvalue weighted by molar-refractivity contribution is 5.79. The van der Waals surface area contributed by atoms with Gasteiger partial charge < -0.3 is 16.2 Å². The second kappa shape index (κ2) is 6.08. The van der Waals surface area contributed by atoms with E-state index in [2.05, 4.69) is 6.92 Å². The Morgan fingerprint density at radius 1 is 1.40 bits per heavy atom. The Bertz CT molecular complexity index is 201. The molecule has 4 nitrogen and oxygen atoms in total. The van der Waals surface area contributed by atoms with E-state index in [0.29, 0.717) is 19.1 Å². The Hall–Kier alpha value is -0.610. The monoisotopic (exact) mass is 214 g/mol. The maximum Gasteiger partial charge on any atom is 0.234 e. The van der Waals surface area contributed by atoms with Crippen molar-refractivity contribution in [1.29, 1.82) is 0 Å². The fourth-order valence-corrected chi connectivity index (χ4v) is 1.90. The maximum absolute atomic E-state index is 10.7. The summed E-state index contributed by atoms with van der Waals surface area (Å²) in [5.41, 5.74) is 10.6. The molecule has 1 saturated carbocycles. The van der Waals surface area contributed by atoms with E-state index in [0.717, 1.165) is 18.8 Å². The van der Waals surface area contributed by atoms with Crippen LogP contribution in [0.25, 0.3) is 0 Å². The largest absolute Gasteiger partial charge is 0.378 e. The number of ether oxygens (including phenoxy) is 1. The molecule has 1 aliphatic rings. The van der Waals surface area contributed by atoms with Gasteiger partial charge in [-0.2, -0.15) is 0 Å². The molecule has 0 heterocycles. The van der Waals surface area contributed by atoms with Gasteiger partial charge in [-0.15, -0.1) is 0 Å². The van der Waals surface area contributed by atoms with Crippen LogP contribution in [0.5, 0.6) is 0 Å². The number of hydrogen-bond acceptors (Lipinski definition) is 3. The number of amides is 1. The summed E-state index contributed by atoms with van der Waals surface area (Å²) in [4.78, 5) is 10.7. The van der Waals surface area contributed by atoms with Crippen molar-refractivity contribution in [1.82, 2.24) is 0 Å². The Morgan fingerprint density at radius 3 is 2.53 bits per heavy atom. The van der Waals surface area contributed by atoms with E-state index >= 15 is 0 Å². The van der Waals surface area contributed by atoms with Crippen molar-refractivity contribution in [3.8, 4) is 0 Å². The Labute approximate surface area is 91.3 Å². The van der Waals surface area contributed by atoms with Crippen LogP contribution < -0.4 is 11.5 Å². The zero-order chi connectivity index (χ0) is 11.3. The third-order valence-electron chi connectivity index (χ3n) is 3.11.